The van der Waals surface area contributed by atoms with Crippen LogP contribution in [0.4, 0.5) is 13.2 Å². The summed E-state index contributed by atoms with van der Waals surface area (Å²) in [5.41, 5.74) is 0.440. The van der Waals surface area contributed by atoms with E-state index in [0.29, 0.717) is 27.1 Å². The van der Waals surface area contributed by atoms with Crippen LogP contribution < -0.4 is 0 Å². The third kappa shape index (κ3) is 3.25. The van der Waals surface area contributed by atoms with E-state index in [-0.39, 0.29) is 0 Å². The standard InChI is InChI=1S/C17H10F3N5S/c18-17(19,20)11-4-3-5-12(10-11)26-15-8-7-14-22-23-16(25(14)24-15)13-6-1-2-9-21-13/h1-10H. The Morgan fingerprint density at radius 1 is 0.923 bits per heavy atom. The number of benzene rings is 1. The molecule has 130 valence electrons. The van der Waals surface area contributed by atoms with Crippen LogP contribution >= 0.6 is 11.8 Å². The Balaban J connectivity index is 1.70. The molecular weight excluding hydrogens is 363 g/mol. The molecule has 0 N–H and O–H groups in total. The van der Waals surface area contributed by atoms with Gasteiger partial charge in [0.1, 0.15) is 10.7 Å². The molecule has 0 radical (unpaired) electrons. The molecule has 0 atom stereocenters. The van der Waals surface area contributed by atoms with Gasteiger partial charge in [-0.2, -0.15) is 22.8 Å². The van der Waals surface area contributed by atoms with Crippen molar-refractivity contribution in [1.82, 2.24) is 24.8 Å². The molecule has 0 aliphatic heterocycles. The molecule has 0 aliphatic rings. The summed E-state index contributed by atoms with van der Waals surface area (Å²) in [6, 6.07) is 13.9. The van der Waals surface area contributed by atoms with Crippen LogP contribution in [0.15, 0.2) is 70.7 Å². The lowest BCUT2D eigenvalue weighted by atomic mass is 10.2. The van der Waals surface area contributed by atoms with E-state index in [1.165, 1.54) is 10.6 Å². The van der Waals surface area contributed by atoms with Gasteiger partial charge in [0.05, 0.1) is 5.56 Å². The highest BCUT2D eigenvalue weighted by Gasteiger charge is 2.30. The number of pyridine rings is 1. The molecule has 3 heterocycles. The Morgan fingerprint density at radius 2 is 1.81 bits per heavy atom. The summed E-state index contributed by atoms with van der Waals surface area (Å²) in [6.45, 7) is 0. The second-order valence-electron chi connectivity index (χ2n) is 5.31. The van der Waals surface area contributed by atoms with E-state index < -0.39 is 11.7 Å². The van der Waals surface area contributed by atoms with Gasteiger partial charge in [0, 0.05) is 11.1 Å². The van der Waals surface area contributed by atoms with Gasteiger partial charge in [-0.15, -0.1) is 10.2 Å². The molecule has 3 aromatic heterocycles. The average Bonchev–Trinajstić information content (AvgIpc) is 3.05. The maximum absolute atomic E-state index is 12.9. The van der Waals surface area contributed by atoms with Gasteiger partial charge in [-0.3, -0.25) is 4.98 Å². The Morgan fingerprint density at radius 3 is 2.58 bits per heavy atom. The summed E-state index contributed by atoms with van der Waals surface area (Å²) in [4.78, 5) is 4.67. The number of hydrogen-bond donors (Lipinski definition) is 0. The first-order valence-electron chi connectivity index (χ1n) is 7.50. The summed E-state index contributed by atoms with van der Waals surface area (Å²) >= 11 is 1.13. The van der Waals surface area contributed by atoms with Crippen LogP contribution in [0.3, 0.4) is 0 Å². The highest BCUT2D eigenvalue weighted by molar-refractivity contribution is 7.99. The van der Waals surface area contributed by atoms with Gasteiger partial charge in [-0.25, -0.2) is 0 Å². The minimum absolute atomic E-state index is 0.444. The minimum Gasteiger partial charge on any atom is -0.253 e. The normalized spacial score (nSPS) is 11.8. The highest BCUT2D eigenvalue weighted by Crippen LogP contribution is 2.34. The zero-order valence-corrected chi connectivity index (χ0v) is 13.9. The predicted molar refractivity (Wildman–Crippen MR) is 89.6 cm³/mol. The zero-order valence-electron chi connectivity index (χ0n) is 13.1. The van der Waals surface area contributed by atoms with Crippen molar-refractivity contribution in [2.75, 3.05) is 0 Å². The van der Waals surface area contributed by atoms with Crippen molar-refractivity contribution in [1.29, 1.82) is 0 Å². The molecule has 0 spiro atoms. The lowest BCUT2D eigenvalue weighted by molar-refractivity contribution is -0.137. The Kier molecular flexibility index (Phi) is 4.08. The van der Waals surface area contributed by atoms with Crippen molar-refractivity contribution in [2.24, 2.45) is 0 Å². The van der Waals surface area contributed by atoms with Crippen molar-refractivity contribution in [3.63, 3.8) is 0 Å². The van der Waals surface area contributed by atoms with Crippen LogP contribution in [0.25, 0.3) is 17.2 Å². The minimum atomic E-state index is -4.38. The summed E-state index contributed by atoms with van der Waals surface area (Å²) in [5.74, 6) is 0.465. The topological polar surface area (TPSA) is 56.0 Å². The molecule has 0 bridgehead atoms. The molecule has 1 aromatic carbocycles. The zero-order chi connectivity index (χ0) is 18.1. The van der Waals surface area contributed by atoms with E-state index in [1.54, 1.807) is 36.5 Å². The maximum Gasteiger partial charge on any atom is 0.416 e. The van der Waals surface area contributed by atoms with Gasteiger partial charge >= 0.3 is 6.18 Å². The molecule has 4 aromatic rings. The Hall–Kier alpha value is -2.94. The van der Waals surface area contributed by atoms with E-state index in [0.717, 1.165) is 23.9 Å². The van der Waals surface area contributed by atoms with E-state index in [1.807, 2.05) is 6.07 Å². The van der Waals surface area contributed by atoms with Crippen LogP contribution in [0.5, 0.6) is 0 Å². The third-order valence-electron chi connectivity index (χ3n) is 3.52. The molecule has 26 heavy (non-hydrogen) atoms. The van der Waals surface area contributed by atoms with Crippen molar-refractivity contribution in [2.45, 2.75) is 16.1 Å². The molecule has 0 unspecified atom stereocenters. The number of fused-ring (bicyclic) bond motifs is 1. The lowest BCUT2D eigenvalue weighted by Gasteiger charge is -2.08. The first-order chi connectivity index (χ1) is 12.5. The molecule has 5 nitrogen and oxygen atoms in total. The van der Waals surface area contributed by atoms with E-state index >= 15 is 0 Å². The van der Waals surface area contributed by atoms with Crippen LogP contribution in [-0.2, 0) is 6.18 Å². The predicted octanol–water partition coefficient (Wildman–Crippen LogP) is 4.36. The molecular formula is C17H10F3N5S. The quantitative estimate of drug-likeness (QED) is 0.534. The monoisotopic (exact) mass is 373 g/mol. The van der Waals surface area contributed by atoms with Crippen LogP contribution in [0, 0.1) is 0 Å². The number of aromatic nitrogens is 5. The summed E-state index contributed by atoms with van der Waals surface area (Å²) in [5, 5.41) is 13.1. The molecule has 0 aliphatic carbocycles. The SMILES string of the molecule is FC(F)(F)c1cccc(Sc2ccc3nnc(-c4ccccn4)n3n2)c1. The number of nitrogens with zero attached hydrogens (tertiary/aromatic N) is 5. The largest absolute Gasteiger partial charge is 0.416 e. The van der Waals surface area contributed by atoms with Gasteiger partial charge in [0.15, 0.2) is 5.65 Å². The lowest BCUT2D eigenvalue weighted by Crippen LogP contribution is -2.04. The second kappa shape index (κ2) is 6.41. The highest BCUT2D eigenvalue weighted by atomic mass is 32.2. The van der Waals surface area contributed by atoms with E-state index in [9.17, 15) is 13.2 Å². The molecule has 0 fully saturated rings. The molecule has 9 heteroatoms. The summed E-state index contributed by atoms with van der Waals surface area (Å²) < 4.78 is 40.1. The Labute approximate surface area is 149 Å². The van der Waals surface area contributed by atoms with E-state index in [4.69, 9.17) is 0 Å². The van der Waals surface area contributed by atoms with Gasteiger partial charge in [-0.1, -0.05) is 23.9 Å². The molecule has 0 saturated carbocycles. The molecule has 4 rings (SSSR count). The van der Waals surface area contributed by atoms with E-state index in [2.05, 4.69) is 20.3 Å². The summed E-state index contributed by atoms with van der Waals surface area (Å²) in [6.07, 6.45) is -2.74. The fraction of sp³-hybridized carbons (Fsp3) is 0.0588. The van der Waals surface area contributed by atoms with Crippen molar-refractivity contribution in [3.8, 4) is 11.5 Å². The van der Waals surface area contributed by atoms with Gasteiger partial charge in [0.2, 0.25) is 5.82 Å². The van der Waals surface area contributed by atoms with Crippen molar-refractivity contribution < 1.29 is 13.2 Å². The van der Waals surface area contributed by atoms with Crippen LogP contribution in [0.1, 0.15) is 5.56 Å². The number of halogens is 3. The fourth-order valence-corrected chi connectivity index (χ4v) is 3.17. The number of rotatable bonds is 3. The van der Waals surface area contributed by atoms with Crippen LogP contribution in [-0.4, -0.2) is 24.8 Å². The summed E-state index contributed by atoms with van der Waals surface area (Å²) in [7, 11) is 0. The second-order valence-corrected chi connectivity index (χ2v) is 6.40. The van der Waals surface area contributed by atoms with Gasteiger partial charge in [0.25, 0.3) is 0 Å². The van der Waals surface area contributed by atoms with Gasteiger partial charge in [-0.05, 0) is 42.5 Å². The Bertz CT molecular complexity index is 1060. The van der Waals surface area contributed by atoms with Crippen molar-refractivity contribution >= 4 is 17.4 Å². The van der Waals surface area contributed by atoms with Gasteiger partial charge < -0.3 is 0 Å². The first-order valence-corrected chi connectivity index (χ1v) is 8.31. The fourth-order valence-electron chi connectivity index (χ4n) is 2.34. The molecule has 0 saturated heterocycles. The van der Waals surface area contributed by atoms with Crippen LogP contribution in [0.2, 0.25) is 0 Å². The average molecular weight is 373 g/mol. The number of hydrogen-bond acceptors (Lipinski definition) is 5. The third-order valence-corrected chi connectivity index (χ3v) is 4.43. The van der Waals surface area contributed by atoms with Crippen molar-refractivity contribution in [3.05, 3.63) is 66.4 Å². The molecule has 0 amide bonds. The first kappa shape index (κ1) is 16.5. The maximum atomic E-state index is 12.9. The smallest absolute Gasteiger partial charge is 0.253 e. The number of alkyl halides is 3.